The highest BCUT2D eigenvalue weighted by Crippen LogP contribution is 2.32. The molecule has 1 aliphatic heterocycles. The summed E-state index contributed by atoms with van der Waals surface area (Å²) in [5.41, 5.74) is 3.93. The normalized spacial score (nSPS) is 15.3. The number of anilines is 1. The number of hydrogen-bond acceptors (Lipinski definition) is 2. The highest BCUT2D eigenvalue weighted by atomic mass is 79.9. The molecule has 3 rings (SSSR count). The van der Waals surface area contributed by atoms with E-state index in [1.807, 2.05) is 43.3 Å². The van der Waals surface area contributed by atoms with Crippen molar-refractivity contribution in [3.8, 4) is 0 Å². The lowest BCUT2D eigenvalue weighted by molar-refractivity contribution is -0.110. The number of carbonyl (C=O) groups is 1. The highest BCUT2D eigenvalue weighted by molar-refractivity contribution is 9.11. The minimum atomic E-state index is -0.168. The van der Waals surface area contributed by atoms with Gasteiger partial charge in [-0.3, -0.25) is 4.79 Å². The zero-order valence-electron chi connectivity index (χ0n) is 10.6. The molecule has 1 aliphatic rings. The molecular weight excluding hydrogens is 384 g/mol. The van der Waals surface area contributed by atoms with Gasteiger partial charge in [0.05, 0.1) is 11.4 Å². The Morgan fingerprint density at radius 2 is 1.75 bits per heavy atom. The summed E-state index contributed by atoms with van der Waals surface area (Å²) in [6.45, 7) is 2.00. The second-order valence-corrected chi connectivity index (χ2v) is 6.20. The largest absolute Gasteiger partial charge is 0.320 e. The monoisotopic (exact) mass is 392 g/mol. The van der Waals surface area contributed by atoms with Gasteiger partial charge in [0.2, 0.25) is 0 Å². The number of nitrogens with one attached hydrogen (secondary N) is 1. The van der Waals surface area contributed by atoms with E-state index in [-0.39, 0.29) is 5.91 Å². The summed E-state index contributed by atoms with van der Waals surface area (Å²) in [5.74, 6) is -0.168. The van der Waals surface area contributed by atoms with E-state index < -0.39 is 0 Å². The number of nitrogens with zero attached hydrogens (tertiary/aromatic N) is 1. The molecule has 1 N–H and O–H groups in total. The number of fused-ring (bicyclic) bond motifs is 1. The Hall–Kier alpha value is -1.46. The molecule has 0 saturated heterocycles. The molecule has 100 valence electrons. The quantitative estimate of drug-likeness (QED) is 0.756. The van der Waals surface area contributed by atoms with Gasteiger partial charge in [-0.05, 0) is 30.7 Å². The van der Waals surface area contributed by atoms with Gasteiger partial charge in [-0.15, -0.1) is 0 Å². The summed E-state index contributed by atoms with van der Waals surface area (Å²) in [5, 5.41) is 2.82. The minimum Gasteiger partial charge on any atom is -0.320 e. The van der Waals surface area contributed by atoms with Crippen molar-refractivity contribution >= 4 is 54.9 Å². The molecule has 0 radical (unpaired) electrons. The van der Waals surface area contributed by atoms with Crippen LogP contribution in [0.15, 0.2) is 50.3 Å². The van der Waals surface area contributed by atoms with Crippen molar-refractivity contribution in [3.63, 3.8) is 0 Å². The lowest BCUT2D eigenvalue weighted by atomic mass is 10.1. The molecule has 0 spiro atoms. The van der Waals surface area contributed by atoms with Crippen LogP contribution in [0.4, 0.5) is 11.4 Å². The maximum atomic E-state index is 12.0. The van der Waals surface area contributed by atoms with Gasteiger partial charge in [-0.2, -0.15) is 0 Å². The molecule has 0 aliphatic carbocycles. The second kappa shape index (κ2) is 5.14. The molecule has 0 atom stereocenters. The van der Waals surface area contributed by atoms with Crippen LogP contribution in [-0.2, 0) is 4.79 Å². The molecule has 3 nitrogen and oxygen atoms in total. The predicted octanol–water partition coefficient (Wildman–Crippen LogP) is 4.59. The third-order valence-corrected chi connectivity index (χ3v) is 4.80. The van der Waals surface area contributed by atoms with Crippen LogP contribution in [0.3, 0.4) is 0 Å². The lowest BCUT2D eigenvalue weighted by Crippen LogP contribution is -2.13. The SMILES string of the molecule is Cc1c(Br)cc(N=C2C(=O)Nc3ccccc32)cc1Br. The van der Waals surface area contributed by atoms with Gasteiger partial charge in [0.25, 0.3) is 5.91 Å². The van der Waals surface area contributed by atoms with Crippen LogP contribution in [0.1, 0.15) is 11.1 Å². The topological polar surface area (TPSA) is 41.5 Å². The zero-order chi connectivity index (χ0) is 14.3. The number of para-hydroxylation sites is 1. The summed E-state index contributed by atoms with van der Waals surface area (Å²) in [6.07, 6.45) is 0. The van der Waals surface area contributed by atoms with E-state index in [9.17, 15) is 4.79 Å². The van der Waals surface area contributed by atoms with Crippen molar-refractivity contribution in [1.29, 1.82) is 0 Å². The first-order valence-corrected chi connectivity index (χ1v) is 7.60. The van der Waals surface area contributed by atoms with Crippen LogP contribution in [0, 0.1) is 6.92 Å². The summed E-state index contributed by atoms with van der Waals surface area (Å²) < 4.78 is 1.91. The van der Waals surface area contributed by atoms with Crippen LogP contribution in [0.2, 0.25) is 0 Å². The van der Waals surface area contributed by atoms with Gasteiger partial charge in [-0.25, -0.2) is 4.99 Å². The van der Waals surface area contributed by atoms with Crippen LogP contribution in [0.5, 0.6) is 0 Å². The fourth-order valence-corrected chi connectivity index (χ4v) is 3.20. The number of amides is 1. The van der Waals surface area contributed by atoms with Crippen molar-refractivity contribution in [1.82, 2.24) is 0 Å². The Morgan fingerprint density at radius 3 is 2.45 bits per heavy atom. The Morgan fingerprint density at radius 1 is 1.10 bits per heavy atom. The molecule has 0 unspecified atom stereocenters. The molecule has 2 aromatic carbocycles. The van der Waals surface area contributed by atoms with E-state index in [0.29, 0.717) is 5.71 Å². The maximum Gasteiger partial charge on any atom is 0.275 e. The van der Waals surface area contributed by atoms with Crippen LogP contribution in [-0.4, -0.2) is 11.6 Å². The fourth-order valence-electron chi connectivity index (χ4n) is 2.04. The molecule has 2 aromatic rings. The van der Waals surface area contributed by atoms with Gasteiger partial charge in [0.15, 0.2) is 0 Å². The van der Waals surface area contributed by atoms with Crippen LogP contribution in [0.25, 0.3) is 0 Å². The first-order chi connectivity index (χ1) is 9.56. The second-order valence-electron chi connectivity index (χ2n) is 4.49. The molecule has 0 bridgehead atoms. The molecule has 1 heterocycles. The Bertz CT molecular complexity index is 730. The average Bonchev–Trinajstić information content (AvgIpc) is 2.73. The predicted molar refractivity (Wildman–Crippen MR) is 87.8 cm³/mol. The van der Waals surface area contributed by atoms with E-state index in [1.54, 1.807) is 0 Å². The average molecular weight is 394 g/mol. The summed E-state index contributed by atoms with van der Waals surface area (Å²) in [4.78, 5) is 16.5. The molecule has 0 aromatic heterocycles. The van der Waals surface area contributed by atoms with Gasteiger partial charge >= 0.3 is 0 Å². The minimum absolute atomic E-state index is 0.168. The van der Waals surface area contributed by atoms with E-state index >= 15 is 0 Å². The maximum absolute atomic E-state index is 12.0. The van der Waals surface area contributed by atoms with Crippen molar-refractivity contribution in [2.45, 2.75) is 6.92 Å². The molecule has 5 heteroatoms. The fraction of sp³-hybridized carbons (Fsp3) is 0.0667. The lowest BCUT2D eigenvalue weighted by Gasteiger charge is -2.04. The molecule has 0 saturated carbocycles. The molecular formula is C15H10Br2N2O. The Labute approximate surface area is 133 Å². The summed E-state index contributed by atoms with van der Waals surface area (Å²) in [6, 6.07) is 11.4. The Kier molecular flexibility index (Phi) is 3.48. The molecule has 20 heavy (non-hydrogen) atoms. The Balaban J connectivity index is 2.11. The van der Waals surface area contributed by atoms with Crippen LogP contribution < -0.4 is 5.32 Å². The third-order valence-electron chi connectivity index (χ3n) is 3.15. The van der Waals surface area contributed by atoms with E-state index in [4.69, 9.17) is 0 Å². The van der Waals surface area contributed by atoms with Crippen molar-refractivity contribution < 1.29 is 4.79 Å². The first kappa shape index (κ1) is 13.5. The molecule has 0 fully saturated rings. The van der Waals surface area contributed by atoms with Gasteiger partial charge in [0.1, 0.15) is 5.71 Å². The van der Waals surface area contributed by atoms with E-state index in [1.165, 1.54) is 0 Å². The summed E-state index contributed by atoms with van der Waals surface area (Å²) >= 11 is 6.99. The third kappa shape index (κ3) is 2.31. The number of halogens is 2. The number of rotatable bonds is 1. The number of benzene rings is 2. The highest BCUT2D eigenvalue weighted by Gasteiger charge is 2.25. The van der Waals surface area contributed by atoms with Crippen molar-refractivity contribution in [2.75, 3.05) is 5.32 Å². The standard InChI is InChI=1S/C15H10Br2N2O/c1-8-11(16)6-9(7-12(8)17)18-14-10-4-2-3-5-13(10)19-15(14)20/h2-7H,1H3,(H,18,19,20). The van der Waals surface area contributed by atoms with Gasteiger partial charge in [-0.1, -0.05) is 50.1 Å². The first-order valence-electron chi connectivity index (χ1n) is 6.01. The van der Waals surface area contributed by atoms with E-state index in [0.717, 1.165) is 31.4 Å². The van der Waals surface area contributed by atoms with E-state index in [2.05, 4.69) is 42.2 Å². The number of aliphatic imine (C=N–C) groups is 1. The van der Waals surface area contributed by atoms with Gasteiger partial charge in [0, 0.05) is 14.5 Å². The molecule has 1 amide bonds. The summed E-state index contributed by atoms with van der Waals surface area (Å²) in [7, 11) is 0. The van der Waals surface area contributed by atoms with Crippen molar-refractivity contribution in [3.05, 3.63) is 56.5 Å². The van der Waals surface area contributed by atoms with Crippen LogP contribution >= 0.6 is 31.9 Å². The number of carbonyl (C=O) groups excluding carboxylic acids is 1. The zero-order valence-corrected chi connectivity index (χ0v) is 13.7. The smallest absolute Gasteiger partial charge is 0.275 e. The number of hydrogen-bond donors (Lipinski definition) is 1. The van der Waals surface area contributed by atoms with Crippen molar-refractivity contribution in [2.24, 2.45) is 4.99 Å². The van der Waals surface area contributed by atoms with Gasteiger partial charge < -0.3 is 5.32 Å².